The number of ether oxygens (including phenoxy) is 1. The summed E-state index contributed by atoms with van der Waals surface area (Å²) in [6, 6.07) is 18.7. The first kappa shape index (κ1) is 24.0. The molecule has 0 radical (unpaired) electrons. The second kappa shape index (κ2) is 11.3. The van der Waals surface area contributed by atoms with Crippen LogP contribution in [0.1, 0.15) is 64.5 Å². The summed E-state index contributed by atoms with van der Waals surface area (Å²) in [5, 5.41) is 5.15. The molecular formula is C28H32N2O3S. The SMILES string of the molecule is COc1ccc(C(C(=O)NC2CCCCC2)N(Cc2ccc(C)cc2)C(=O)c2cccs2)cc1. The van der Waals surface area contributed by atoms with Gasteiger partial charge in [0.1, 0.15) is 11.8 Å². The Kier molecular flexibility index (Phi) is 8.01. The van der Waals surface area contributed by atoms with Gasteiger partial charge in [-0.15, -0.1) is 11.3 Å². The van der Waals surface area contributed by atoms with Crippen LogP contribution in [0.2, 0.25) is 0 Å². The van der Waals surface area contributed by atoms with Crippen molar-refractivity contribution in [2.75, 3.05) is 7.11 Å². The zero-order valence-corrected chi connectivity index (χ0v) is 20.6. The summed E-state index contributed by atoms with van der Waals surface area (Å²) >= 11 is 1.40. The van der Waals surface area contributed by atoms with Crippen LogP contribution in [0, 0.1) is 6.92 Å². The lowest BCUT2D eigenvalue weighted by atomic mass is 9.94. The van der Waals surface area contributed by atoms with Gasteiger partial charge in [0.2, 0.25) is 5.91 Å². The maximum atomic E-state index is 13.8. The molecule has 0 bridgehead atoms. The molecule has 1 atom stereocenters. The van der Waals surface area contributed by atoms with Crippen molar-refractivity contribution < 1.29 is 14.3 Å². The van der Waals surface area contributed by atoms with E-state index < -0.39 is 6.04 Å². The molecule has 0 aliphatic heterocycles. The fourth-order valence-corrected chi connectivity index (χ4v) is 5.18. The number of amides is 2. The molecule has 0 spiro atoms. The average Bonchev–Trinajstić information content (AvgIpc) is 3.41. The molecule has 3 aromatic rings. The van der Waals surface area contributed by atoms with Crippen molar-refractivity contribution in [3.63, 3.8) is 0 Å². The molecule has 1 aliphatic carbocycles. The fraction of sp³-hybridized carbons (Fsp3) is 0.357. The first-order valence-electron chi connectivity index (χ1n) is 11.9. The zero-order chi connectivity index (χ0) is 23.9. The maximum Gasteiger partial charge on any atom is 0.265 e. The van der Waals surface area contributed by atoms with Gasteiger partial charge in [0.05, 0.1) is 12.0 Å². The third-order valence-electron chi connectivity index (χ3n) is 6.41. The molecule has 1 aromatic heterocycles. The van der Waals surface area contributed by atoms with Crippen LogP contribution in [0.4, 0.5) is 0 Å². The average molecular weight is 477 g/mol. The largest absolute Gasteiger partial charge is 0.497 e. The van der Waals surface area contributed by atoms with Crippen molar-refractivity contribution in [2.45, 2.75) is 57.7 Å². The molecule has 2 aromatic carbocycles. The Morgan fingerprint density at radius 3 is 2.35 bits per heavy atom. The van der Waals surface area contributed by atoms with Crippen molar-refractivity contribution in [1.29, 1.82) is 0 Å². The van der Waals surface area contributed by atoms with E-state index in [0.717, 1.165) is 42.4 Å². The van der Waals surface area contributed by atoms with Gasteiger partial charge in [-0.25, -0.2) is 0 Å². The van der Waals surface area contributed by atoms with E-state index in [1.807, 2.05) is 73.0 Å². The van der Waals surface area contributed by atoms with E-state index in [4.69, 9.17) is 4.74 Å². The standard InChI is InChI=1S/C28H32N2O3S/c1-20-10-12-21(13-11-20)19-30(28(32)25-9-6-18-34-25)26(22-14-16-24(33-2)17-15-22)27(31)29-23-7-4-3-5-8-23/h6,9-18,23,26H,3-5,7-8,19H2,1-2H3,(H,29,31). The van der Waals surface area contributed by atoms with E-state index in [1.165, 1.54) is 17.8 Å². The normalized spacial score (nSPS) is 14.9. The summed E-state index contributed by atoms with van der Waals surface area (Å²) < 4.78 is 5.33. The second-order valence-corrected chi connectivity index (χ2v) is 9.86. The molecule has 1 heterocycles. The van der Waals surface area contributed by atoms with Crippen LogP contribution in [0.5, 0.6) is 5.75 Å². The number of aryl methyl sites for hydroxylation is 1. The lowest BCUT2D eigenvalue weighted by Gasteiger charge is -2.33. The number of hydrogen-bond acceptors (Lipinski definition) is 4. The van der Waals surface area contributed by atoms with E-state index in [2.05, 4.69) is 5.32 Å². The minimum atomic E-state index is -0.747. The van der Waals surface area contributed by atoms with Crippen molar-refractivity contribution in [3.05, 3.63) is 87.6 Å². The van der Waals surface area contributed by atoms with Gasteiger partial charge >= 0.3 is 0 Å². The second-order valence-electron chi connectivity index (χ2n) is 8.92. The Morgan fingerprint density at radius 1 is 1.03 bits per heavy atom. The smallest absolute Gasteiger partial charge is 0.265 e. The van der Waals surface area contributed by atoms with Crippen molar-refractivity contribution in [1.82, 2.24) is 10.2 Å². The molecule has 6 heteroatoms. The van der Waals surface area contributed by atoms with Gasteiger partial charge in [-0.1, -0.05) is 67.3 Å². The van der Waals surface area contributed by atoms with Gasteiger partial charge in [-0.05, 0) is 54.5 Å². The number of methoxy groups -OCH3 is 1. The summed E-state index contributed by atoms with van der Waals surface area (Å²) in [4.78, 5) is 29.9. The molecule has 1 fully saturated rings. The molecule has 1 unspecified atom stereocenters. The maximum absolute atomic E-state index is 13.8. The zero-order valence-electron chi connectivity index (χ0n) is 19.8. The predicted molar refractivity (Wildman–Crippen MR) is 136 cm³/mol. The Balaban J connectivity index is 1.72. The first-order valence-corrected chi connectivity index (χ1v) is 12.8. The molecule has 1 saturated carbocycles. The monoisotopic (exact) mass is 476 g/mol. The number of nitrogens with one attached hydrogen (secondary N) is 1. The molecule has 1 aliphatic rings. The van der Waals surface area contributed by atoms with Crippen LogP contribution in [-0.2, 0) is 11.3 Å². The number of thiophene rings is 1. The van der Waals surface area contributed by atoms with Gasteiger partial charge in [0.15, 0.2) is 0 Å². The first-order chi connectivity index (χ1) is 16.5. The van der Waals surface area contributed by atoms with Crippen LogP contribution in [0.15, 0.2) is 66.0 Å². The Bertz CT molecular complexity index is 1070. The van der Waals surface area contributed by atoms with Crippen LogP contribution >= 0.6 is 11.3 Å². The lowest BCUT2D eigenvalue weighted by molar-refractivity contribution is -0.127. The summed E-state index contributed by atoms with van der Waals surface area (Å²) in [5.74, 6) is 0.439. The highest BCUT2D eigenvalue weighted by Crippen LogP contribution is 2.29. The van der Waals surface area contributed by atoms with Gasteiger partial charge in [-0.2, -0.15) is 0 Å². The highest BCUT2D eigenvalue weighted by atomic mass is 32.1. The number of hydrogen-bond donors (Lipinski definition) is 1. The summed E-state index contributed by atoms with van der Waals surface area (Å²) in [6.07, 6.45) is 5.43. The van der Waals surface area contributed by atoms with Crippen LogP contribution < -0.4 is 10.1 Å². The molecule has 34 heavy (non-hydrogen) atoms. The van der Waals surface area contributed by atoms with E-state index in [0.29, 0.717) is 17.2 Å². The van der Waals surface area contributed by atoms with Gasteiger partial charge in [-0.3, -0.25) is 9.59 Å². The topological polar surface area (TPSA) is 58.6 Å². The van der Waals surface area contributed by atoms with Gasteiger partial charge in [0.25, 0.3) is 5.91 Å². The summed E-state index contributed by atoms with van der Waals surface area (Å²) in [5.41, 5.74) is 2.91. The minimum absolute atomic E-state index is 0.130. The van der Waals surface area contributed by atoms with Crippen molar-refractivity contribution in [2.24, 2.45) is 0 Å². The number of nitrogens with zero attached hydrogens (tertiary/aromatic N) is 1. The molecular weight excluding hydrogens is 444 g/mol. The Morgan fingerprint density at radius 2 is 1.74 bits per heavy atom. The van der Waals surface area contributed by atoms with E-state index in [1.54, 1.807) is 12.0 Å². The number of rotatable bonds is 8. The van der Waals surface area contributed by atoms with Crippen LogP contribution in [0.3, 0.4) is 0 Å². The molecule has 2 amide bonds. The fourth-order valence-electron chi connectivity index (χ4n) is 4.50. The third kappa shape index (κ3) is 5.86. The highest BCUT2D eigenvalue weighted by molar-refractivity contribution is 7.12. The summed E-state index contributed by atoms with van der Waals surface area (Å²) in [7, 11) is 1.62. The molecule has 5 nitrogen and oxygen atoms in total. The van der Waals surface area contributed by atoms with Gasteiger partial charge in [0, 0.05) is 12.6 Å². The van der Waals surface area contributed by atoms with E-state index in [-0.39, 0.29) is 17.9 Å². The minimum Gasteiger partial charge on any atom is -0.497 e. The van der Waals surface area contributed by atoms with Gasteiger partial charge < -0.3 is 15.0 Å². The quantitative estimate of drug-likeness (QED) is 0.440. The van der Waals surface area contributed by atoms with Crippen molar-refractivity contribution in [3.8, 4) is 5.75 Å². The number of carbonyl (C=O) groups excluding carboxylic acids is 2. The van der Waals surface area contributed by atoms with Crippen LogP contribution in [-0.4, -0.2) is 29.9 Å². The molecule has 0 saturated heterocycles. The van der Waals surface area contributed by atoms with Crippen molar-refractivity contribution >= 4 is 23.2 Å². The van der Waals surface area contributed by atoms with Crippen LogP contribution in [0.25, 0.3) is 0 Å². The lowest BCUT2D eigenvalue weighted by Crippen LogP contribution is -2.46. The highest BCUT2D eigenvalue weighted by Gasteiger charge is 2.34. The predicted octanol–water partition coefficient (Wildman–Crippen LogP) is 5.90. The number of benzene rings is 2. The Hall–Kier alpha value is -3.12. The molecule has 178 valence electrons. The molecule has 4 rings (SSSR count). The van der Waals surface area contributed by atoms with E-state index in [9.17, 15) is 9.59 Å². The van der Waals surface area contributed by atoms with E-state index >= 15 is 0 Å². The Labute approximate surface area is 205 Å². The molecule has 1 N–H and O–H groups in total. The third-order valence-corrected chi connectivity index (χ3v) is 7.27. The summed E-state index contributed by atoms with van der Waals surface area (Å²) in [6.45, 7) is 2.38. The number of carbonyl (C=O) groups is 2.